The number of anilines is 1. The number of nitrogens with one attached hydrogen (secondary N) is 1. The third kappa shape index (κ3) is 3.36. The summed E-state index contributed by atoms with van der Waals surface area (Å²) >= 11 is 5.67. The molecular weight excluding hydrogens is 272 g/mol. The van der Waals surface area contributed by atoms with Gasteiger partial charge in [0.05, 0.1) is 17.1 Å². The second-order valence-electron chi connectivity index (χ2n) is 4.54. The molecule has 0 saturated carbocycles. The molecule has 0 aliphatic carbocycles. The molecule has 0 aliphatic rings. The maximum atomic E-state index is 12.2. The van der Waals surface area contributed by atoms with E-state index >= 15 is 0 Å². The minimum absolute atomic E-state index is 0.0664. The second kappa shape index (κ2) is 7.06. The number of hydrogen-bond donors (Lipinski definition) is 1. The molecule has 0 fully saturated rings. The van der Waals surface area contributed by atoms with Crippen molar-refractivity contribution in [3.05, 3.63) is 49.2 Å². The first-order valence-corrected chi connectivity index (χ1v) is 7.13. The van der Waals surface area contributed by atoms with Gasteiger partial charge in [0.15, 0.2) is 0 Å². The van der Waals surface area contributed by atoms with Crippen LogP contribution < -0.4 is 5.32 Å². The number of carbonyl (C=O) groups is 1. The average molecular weight is 289 g/mol. The molecule has 0 aliphatic heterocycles. The molecular formula is C16H17ClN2O. The number of halogens is 1. The summed E-state index contributed by atoms with van der Waals surface area (Å²) < 4.78 is 0. The lowest BCUT2D eigenvalue weighted by atomic mass is 10.0. The van der Waals surface area contributed by atoms with E-state index in [1.54, 1.807) is 12.3 Å². The molecule has 1 amide bonds. The van der Waals surface area contributed by atoms with Crippen molar-refractivity contribution in [1.82, 2.24) is 4.98 Å². The van der Waals surface area contributed by atoms with E-state index in [0.29, 0.717) is 12.3 Å². The molecule has 1 heterocycles. The van der Waals surface area contributed by atoms with Crippen molar-refractivity contribution >= 4 is 34.1 Å². The largest absolute Gasteiger partial charge is 0.324 e. The Morgan fingerprint density at radius 1 is 1.40 bits per heavy atom. The van der Waals surface area contributed by atoms with Crippen molar-refractivity contribution in [3.63, 3.8) is 0 Å². The summed E-state index contributed by atoms with van der Waals surface area (Å²) in [7, 11) is 0. The average Bonchev–Trinajstić information content (AvgIpc) is 2.48. The molecule has 4 heteroatoms. The molecule has 1 atom stereocenters. The van der Waals surface area contributed by atoms with Gasteiger partial charge in [-0.25, -0.2) is 0 Å². The monoisotopic (exact) mass is 288 g/mol. The molecule has 0 bridgehead atoms. The molecule has 0 spiro atoms. The van der Waals surface area contributed by atoms with E-state index in [2.05, 4.69) is 16.9 Å². The SMILES string of the molecule is C=CC(CCCCl)C(=O)Nc1cccc2cccnc12. The summed E-state index contributed by atoms with van der Waals surface area (Å²) in [5.41, 5.74) is 1.52. The summed E-state index contributed by atoms with van der Waals surface area (Å²) in [6, 6.07) is 9.57. The lowest BCUT2D eigenvalue weighted by molar-refractivity contribution is -0.118. The zero-order valence-electron chi connectivity index (χ0n) is 11.2. The number of para-hydroxylation sites is 1. The lowest BCUT2D eigenvalue weighted by Crippen LogP contribution is -2.21. The number of fused-ring (bicyclic) bond motifs is 1. The number of aromatic nitrogens is 1. The number of carbonyl (C=O) groups excluding carboxylic acids is 1. The number of benzene rings is 1. The molecule has 0 saturated heterocycles. The van der Waals surface area contributed by atoms with Gasteiger partial charge in [-0.15, -0.1) is 18.2 Å². The normalized spacial score (nSPS) is 12.1. The molecule has 1 aromatic carbocycles. The minimum atomic E-state index is -0.229. The van der Waals surface area contributed by atoms with Crippen LogP contribution in [0.5, 0.6) is 0 Å². The quantitative estimate of drug-likeness (QED) is 0.645. The van der Waals surface area contributed by atoms with Gasteiger partial charge in [0.2, 0.25) is 5.91 Å². The van der Waals surface area contributed by atoms with Crippen LogP contribution in [-0.4, -0.2) is 16.8 Å². The molecule has 0 radical (unpaired) electrons. The molecule has 2 aromatic rings. The predicted octanol–water partition coefficient (Wildman–Crippen LogP) is 3.99. The van der Waals surface area contributed by atoms with E-state index in [4.69, 9.17) is 11.6 Å². The summed E-state index contributed by atoms with van der Waals surface area (Å²) in [4.78, 5) is 16.6. The molecule has 1 unspecified atom stereocenters. The Labute approximate surface area is 123 Å². The Kier molecular flexibility index (Phi) is 5.13. The van der Waals surface area contributed by atoms with Gasteiger partial charge in [0.25, 0.3) is 0 Å². The highest BCUT2D eigenvalue weighted by Gasteiger charge is 2.15. The summed E-state index contributed by atoms with van der Waals surface area (Å²) in [5, 5.41) is 3.93. The maximum absolute atomic E-state index is 12.2. The van der Waals surface area contributed by atoms with Crippen LogP contribution in [0.25, 0.3) is 10.9 Å². The van der Waals surface area contributed by atoms with Crippen molar-refractivity contribution in [1.29, 1.82) is 0 Å². The number of pyridine rings is 1. The van der Waals surface area contributed by atoms with Gasteiger partial charge < -0.3 is 5.32 Å². The van der Waals surface area contributed by atoms with Gasteiger partial charge >= 0.3 is 0 Å². The molecule has 2 rings (SSSR count). The minimum Gasteiger partial charge on any atom is -0.324 e. The Hall–Kier alpha value is -1.87. The van der Waals surface area contributed by atoms with Gasteiger partial charge in [0.1, 0.15) is 0 Å². The topological polar surface area (TPSA) is 42.0 Å². The van der Waals surface area contributed by atoms with Crippen LogP contribution in [0.4, 0.5) is 5.69 Å². The Morgan fingerprint density at radius 3 is 2.95 bits per heavy atom. The Bertz CT molecular complexity index is 607. The summed E-state index contributed by atoms with van der Waals surface area (Å²) in [6.07, 6.45) is 4.88. The standard InChI is InChI=1S/C16H17ClN2O/c1-2-12(7-4-10-17)16(20)19-14-9-3-6-13-8-5-11-18-15(13)14/h2-3,5-6,8-9,11-12H,1,4,7,10H2,(H,19,20). The smallest absolute Gasteiger partial charge is 0.231 e. The van der Waals surface area contributed by atoms with E-state index in [-0.39, 0.29) is 11.8 Å². The number of alkyl halides is 1. The number of hydrogen-bond acceptors (Lipinski definition) is 2. The zero-order chi connectivity index (χ0) is 14.4. The third-order valence-electron chi connectivity index (χ3n) is 3.16. The van der Waals surface area contributed by atoms with Crippen molar-refractivity contribution in [2.24, 2.45) is 5.92 Å². The molecule has 1 aromatic heterocycles. The first-order valence-electron chi connectivity index (χ1n) is 6.59. The fourth-order valence-corrected chi connectivity index (χ4v) is 2.24. The van der Waals surface area contributed by atoms with Crippen LogP contribution in [-0.2, 0) is 4.79 Å². The number of nitrogens with zero attached hydrogens (tertiary/aromatic N) is 1. The van der Waals surface area contributed by atoms with Crippen LogP contribution in [0.3, 0.4) is 0 Å². The fourth-order valence-electron chi connectivity index (χ4n) is 2.08. The first kappa shape index (κ1) is 14.5. The van der Waals surface area contributed by atoms with E-state index in [0.717, 1.165) is 23.0 Å². The van der Waals surface area contributed by atoms with Crippen molar-refractivity contribution in [2.45, 2.75) is 12.8 Å². The van der Waals surface area contributed by atoms with Gasteiger partial charge in [-0.2, -0.15) is 0 Å². The highest BCUT2D eigenvalue weighted by Crippen LogP contribution is 2.22. The van der Waals surface area contributed by atoms with E-state index in [1.807, 2.05) is 30.3 Å². The highest BCUT2D eigenvalue weighted by molar-refractivity contribution is 6.17. The van der Waals surface area contributed by atoms with Gasteiger partial charge in [-0.1, -0.05) is 24.3 Å². The third-order valence-corrected chi connectivity index (χ3v) is 3.43. The van der Waals surface area contributed by atoms with Gasteiger partial charge in [-0.3, -0.25) is 9.78 Å². The highest BCUT2D eigenvalue weighted by atomic mass is 35.5. The van der Waals surface area contributed by atoms with Crippen molar-refractivity contribution in [3.8, 4) is 0 Å². The van der Waals surface area contributed by atoms with E-state index in [1.165, 1.54) is 0 Å². The molecule has 3 nitrogen and oxygen atoms in total. The molecule has 20 heavy (non-hydrogen) atoms. The Morgan fingerprint density at radius 2 is 2.20 bits per heavy atom. The van der Waals surface area contributed by atoms with Crippen molar-refractivity contribution < 1.29 is 4.79 Å². The van der Waals surface area contributed by atoms with Crippen LogP contribution in [0.1, 0.15) is 12.8 Å². The molecule has 104 valence electrons. The van der Waals surface area contributed by atoms with E-state index < -0.39 is 0 Å². The fraction of sp³-hybridized carbons (Fsp3) is 0.250. The summed E-state index contributed by atoms with van der Waals surface area (Å²) in [5.74, 6) is 0.254. The lowest BCUT2D eigenvalue weighted by Gasteiger charge is -2.13. The van der Waals surface area contributed by atoms with Crippen LogP contribution in [0.15, 0.2) is 49.2 Å². The van der Waals surface area contributed by atoms with Crippen molar-refractivity contribution in [2.75, 3.05) is 11.2 Å². The van der Waals surface area contributed by atoms with E-state index in [9.17, 15) is 4.79 Å². The zero-order valence-corrected chi connectivity index (χ0v) is 11.9. The predicted molar refractivity (Wildman–Crippen MR) is 84.0 cm³/mol. The second-order valence-corrected chi connectivity index (χ2v) is 4.92. The first-order chi connectivity index (χ1) is 9.76. The number of amides is 1. The Balaban J connectivity index is 2.19. The van der Waals surface area contributed by atoms with Gasteiger partial charge in [0, 0.05) is 17.5 Å². The van der Waals surface area contributed by atoms with Crippen LogP contribution in [0, 0.1) is 5.92 Å². The molecule has 1 N–H and O–H groups in total. The van der Waals surface area contributed by atoms with Crippen LogP contribution in [0.2, 0.25) is 0 Å². The summed E-state index contributed by atoms with van der Waals surface area (Å²) in [6.45, 7) is 3.72. The van der Waals surface area contributed by atoms with Gasteiger partial charge in [-0.05, 0) is 25.0 Å². The van der Waals surface area contributed by atoms with Crippen LogP contribution >= 0.6 is 11.6 Å². The maximum Gasteiger partial charge on any atom is 0.231 e. The number of rotatable bonds is 6.